The second-order valence-electron chi connectivity index (χ2n) is 7.14. The number of benzene rings is 1. The van der Waals surface area contributed by atoms with Crippen molar-refractivity contribution in [3.05, 3.63) is 29.8 Å². The van der Waals surface area contributed by atoms with Crippen LogP contribution >= 0.6 is 0 Å². The van der Waals surface area contributed by atoms with Gasteiger partial charge >= 0.3 is 0 Å². The number of methoxy groups -OCH3 is 1. The van der Waals surface area contributed by atoms with E-state index in [0.29, 0.717) is 17.9 Å². The maximum atomic E-state index is 6.37. The highest BCUT2D eigenvalue weighted by Crippen LogP contribution is 2.41. The molecule has 0 aliphatic heterocycles. The van der Waals surface area contributed by atoms with Gasteiger partial charge in [0.25, 0.3) is 0 Å². The van der Waals surface area contributed by atoms with Crippen LogP contribution in [0.3, 0.4) is 0 Å². The fourth-order valence-electron chi connectivity index (χ4n) is 3.78. The first-order valence-electron chi connectivity index (χ1n) is 7.93. The topological polar surface area (TPSA) is 44.5 Å². The van der Waals surface area contributed by atoms with Gasteiger partial charge in [-0.2, -0.15) is 0 Å². The summed E-state index contributed by atoms with van der Waals surface area (Å²) in [7, 11) is 1.69. The zero-order valence-electron chi connectivity index (χ0n) is 13.8. The van der Waals surface area contributed by atoms with Gasteiger partial charge in [0.15, 0.2) is 0 Å². The van der Waals surface area contributed by atoms with Crippen molar-refractivity contribution in [1.82, 2.24) is 0 Å². The van der Waals surface area contributed by atoms with E-state index in [-0.39, 0.29) is 12.2 Å². The van der Waals surface area contributed by atoms with Crippen LogP contribution in [0.25, 0.3) is 0 Å². The molecular formula is C18H29NO2. The van der Waals surface area contributed by atoms with Crippen molar-refractivity contribution in [2.24, 2.45) is 17.1 Å². The number of hydrogen-bond donors (Lipinski definition) is 1. The maximum absolute atomic E-state index is 6.37. The van der Waals surface area contributed by atoms with Gasteiger partial charge in [-0.1, -0.05) is 39.0 Å². The Morgan fingerprint density at radius 3 is 2.62 bits per heavy atom. The van der Waals surface area contributed by atoms with Crippen LogP contribution in [-0.4, -0.2) is 19.8 Å². The quantitative estimate of drug-likeness (QED) is 0.894. The van der Waals surface area contributed by atoms with E-state index in [1.807, 2.05) is 24.3 Å². The van der Waals surface area contributed by atoms with Gasteiger partial charge in [-0.3, -0.25) is 0 Å². The van der Waals surface area contributed by atoms with E-state index >= 15 is 0 Å². The average Bonchev–Trinajstić information content (AvgIpc) is 2.42. The van der Waals surface area contributed by atoms with Crippen LogP contribution < -0.4 is 10.5 Å². The molecule has 0 radical (unpaired) electrons. The van der Waals surface area contributed by atoms with Gasteiger partial charge in [0.05, 0.1) is 19.3 Å². The van der Waals surface area contributed by atoms with Crippen molar-refractivity contribution in [3.8, 4) is 5.75 Å². The summed E-state index contributed by atoms with van der Waals surface area (Å²) in [5.74, 6) is 1.56. The Balaban J connectivity index is 2.12. The highest BCUT2D eigenvalue weighted by atomic mass is 16.5. The molecule has 2 N–H and O–H groups in total. The molecular weight excluding hydrogens is 262 g/mol. The summed E-state index contributed by atoms with van der Waals surface area (Å²) < 4.78 is 11.8. The minimum atomic E-state index is -0.0905. The van der Waals surface area contributed by atoms with E-state index in [1.54, 1.807) is 7.11 Å². The van der Waals surface area contributed by atoms with E-state index in [9.17, 15) is 0 Å². The van der Waals surface area contributed by atoms with Crippen LogP contribution in [0.4, 0.5) is 0 Å². The van der Waals surface area contributed by atoms with E-state index in [4.69, 9.17) is 15.2 Å². The summed E-state index contributed by atoms with van der Waals surface area (Å²) in [5.41, 5.74) is 7.37. The van der Waals surface area contributed by atoms with Crippen LogP contribution in [0.15, 0.2) is 24.3 Å². The zero-order chi connectivity index (χ0) is 15.5. The molecule has 3 unspecified atom stereocenters. The molecule has 1 saturated carbocycles. The second-order valence-corrected chi connectivity index (χ2v) is 7.14. The SMILES string of the molecule is COc1ccccc1C(CN)OC1CC(C)CC(C)(C)C1. The van der Waals surface area contributed by atoms with Gasteiger partial charge in [0, 0.05) is 12.1 Å². The Hall–Kier alpha value is -1.06. The summed E-state index contributed by atoms with van der Waals surface area (Å²) >= 11 is 0. The van der Waals surface area contributed by atoms with Crippen LogP contribution in [-0.2, 0) is 4.74 Å². The van der Waals surface area contributed by atoms with E-state index < -0.39 is 0 Å². The lowest BCUT2D eigenvalue weighted by atomic mass is 9.71. The summed E-state index contributed by atoms with van der Waals surface area (Å²) in [5, 5.41) is 0. The summed E-state index contributed by atoms with van der Waals surface area (Å²) in [6.07, 6.45) is 3.68. The van der Waals surface area contributed by atoms with Crippen molar-refractivity contribution < 1.29 is 9.47 Å². The molecule has 2 rings (SSSR count). The molecule has 1 fully saturated rings. The third-order valence-corrected chi connectivity index (χ3v) is 4.40. The molecule has 0 saturated heterocycles. The Morgan fingerprint density at radius 2 is 2.00 bits per heavy atom. The molecule has 0 bridgehead atoms. The predicted octanol–water partition coefficient (Wildman–Crippen LogP) is 3.93. The van der Waals surface area contributed by atoms with Crippen molar-refractivity contribution in [3.63, 3.8) is 0 Å². The minimum absolute atomic E-state index is 0.0905. The molecule has 1 aliphatic rings. The average molecular weight is 291 g/mol. The first kappa shape index (κ1) is 16.3. The number of para-hydroxylation sites is 1. The van der Waals surface area contributed by atoms with Crippen LogP contribution in [0.2, 0.25) is 0 Å². The summed E-state index contributed by atoms with van der Waals surface area (Å²) in [6, 6.07) is 8.00. The van der Waals surface area contributed by atoms with Crippen molar-refractivity contribution in [1.29, 1.82) is 0 Å². The predicted molar refractivity (Wildman–Crippen MR) is 86.5 cm³/mol. The third kappa shape index (κ3) is 4.21. The molecule has 21 heavy (non-hydrogen) atoms. The normalized spacial score (nSPS) is 26.3. The molecule has 3 atom stereocenters. The molecule has 3 heteroatoms. The number of rotatable bonds is 5. The maximum Gasteiger partial charge on any atom is 0.124 e. The third-order valence-electron chi connectivity index (χ3n) is 4.40. The number of ether oxygens (including phenoxy) is 2. The lowest BCUT2D eigenvalue weighted by Crippen LogP contribution is -2.34. The van der Waals surface area contributed by atoms with E-state index in [1.165, 1.54) is 6.42 Å². The molecule has 1 aliphatic carbocycles. The molecule has 1 aromatic carbocycles. The minimum Gasteiger partial charge on any atom is -0.496 e. The van der Waals surface area contributed by atoms with Gasteiger partial charge in [-0.25, -0.2) is 0 Å². The zero-order valence-corrected chi connectivity index (χ0v) is 13.8. The van der Waals surface area contributed by atoms with Gasteiger partial charge in [0.1, 0.15) is 5.75 Å². The fraction of sp³-hybridized carbons (Fsp3) is 0.667. The van der Waals surface area contributed by atoms with Crippen LogP contribution in [0.1, 0.15) is 51.7 Å². The molecule has 0 heterocycles. The lowest BCUT2D eigenvalue weighted by molar-refractivity contribution is -0.0641. The summed E-state index contributed by atoms with van der Waals surface area (Å²) in [6.45, 7) is 7.46. The summed E-state index contributed by atoms with van der Waals surface area (Å²) in [4.78, 5) is 0. The first-order chi connectivity index (χ1) is 9.95. The van der Waals surface area contributed by atoms with Crippen molar-refractivity contribution in [2.45, 2.75) is 52.2 Å². The molecule has 0 aromatic heterocycles. The highest BCUT2D eigenvalue weighted by Gasteiger charge is 2.34. The van der Waals surface area contributed by atoms with Crippen molar-refractivity contribution in [2.75, 3.05) is 13.7 Å². The second kappa shape index (κ2) is 6.80. The highest BCUT2D eigenvalue weighted by molar-refractivity contribution is 5.35. The van der Waals surface area contributed by atoms with Gasteiger partial charge in [0.2, 0.25) is 0 Å². The van der Waals surface area contributed by atoms with Gasteiger partial charge in [-0.15, -0.1) is 0 Å². The standard InChI is InChI=1S/C18H29NO2/c1-13-9-14(11-18(2,3)10-13)21-17(12-19)15-7-5-6-8-16(15)20-4/h5-8,13-14,17H,9-12,19H2,1-4H3. The van der Waals surface area contributed by atoms with Gasteiger partial charge < -0.3 is 15.2 Å². The molecule has 1 aromatic rings. The Kier molecular flexibility index (Phi) is 5.28. The molecule has 0 spiro atoms. The number of hydrogen-bond acceptors (Lipinski definition) is 3. The smallest absolute Gasteiger partial charge is 0.124 e. The van der Waals surface area contributed by atoms with Gasteiger partial charge in [-0.05, 0) is 36.7 Å². The molecule has 3 nitrogen and oxygen atoms in total. The Bertz CT molecular complexity index is 458. The van der Waals surface area contributed by atoms with E-state index in [2.05, 4.69) is 20.8 Å². The van der Waals surface area contributed by atoms with E-state index in [0.717, 1.165) is 24.2 Å². The first-order valence-corrected chi connectivity index (χ1v) is 7.93. The Labute approximate surface area is 128 Å². The Morgan fingerprint density at radius 1 is 1.29 bits per heavy atom. The van der Waals surface area contributed by atoms with Crippen LogP contribution in [0.5, 0.6) is 5.75 Å². The van der Waals surface area contributed by atoms with Crippen molar-refractivity contribution >= 4 is 0 Å². The fourth-order valence-corrected chi connectivity index (χ4v) is 3.78. The van der Waals surface area contributed by atoms with Crippen LogP contribution in [0, 0.1) is 11.3 Å². The monoisotopic (exact) mass is 291 g/mol. The molecule has 0 amide bonds. The number of nitrogens with two attached hydrogens (primary N) is 1. The largest absolute Gasteiger partial charge is 0.496 e. The molecule has 118 valence electrons. The lowest BCUT2D eigenvalue weighted by Gasteiger charge is -2.40.